The first-order valence-electron chi connectivity index (χ1n) is 7.02. The lowest BCUT2D eigenvalue weighted by Crippen LogP contribution is -2.01. The molecular weight excluding hydrogens is 284 g/mol. The third-order valence-electron chi connectivity index (χ3n) is 3.32. The Kier molecular flexibility index (Phi) is 3.79. The Balaban J connectivity index is 2.03. The quantitative estimate of drug-likeness (QED) is 0.736. The van der Waals surface area contributed by atoms with Crippen LogP contribution in [0.2, 0.25) is 0 Å². The summed E-state index contributed by atoms with van der Waals surface area (Å²) >= 11 is 5.45. The third kappa shape index (κ3) is 2.71. The first-order chi connectivity index (χ1) is 10.2. The van der Waals surface area contributed by atoms with Gasteiger partial charge in [-0.25, -0.2) is 0 Å². The molecule has 0 spiro atoms. The van der Waals surface area contributed by atoms with Gasteiger partial charge in [0.2, 0.25) is 0 Å². The van der Waals surface area contributed by atoms with Crippen molar-refractivity contribution in [3.8, 4) is 5.75 Å². The van der Waals surface area contributed by atoms with E-state index >= 15 is 0 Å². The van der Waals surface area contributed by atoms with Crippen LogP contribution in [0.4, 0.5) is 0 Å². The molecule has 0 amide bonds. The van der Waals surface area contributed by atoms with E-state index in [0.29, 0.717) is 17.9 Å². The van der Waals surface area contributed by atoms with Crippen LogP contribution in [0.15, 0.2) is 30.5 Å². The molecule has 3 aromatic rings. The highest BCUT2D eigenvalue weighted by molar-refractivity contribution is 7.71. The normalized spacial score (nSPS) is 11.1. The zero-order valence-electron chi connectivity index (χ0n) is 12.2. The van der Waals surface area contributed by atoms with Crippen molar-refractivity contribution in [1.29, 1.82) is 0 Å². The molecule has 1 aromatic carbocycles. The fourth-order valence-electron chi connectivity index (χ4n) is 2.35. The number of para-hydroxylation sites is 1. The molecule has 0 aliphatic heterocycles. The molecule has 2 aromatic heterocycles. The van der Waals surface area contributed by atoms with E-state index in [2.05, 4.69) is 17.0 Å². The van der Waals surface area contributed by atoms with Gasteiger partial charge in [-0.1, -0.05) is 13.0 Å². The minimum absolute atomic E-state index is 0.650. The first kappa shape index (κ1) is 13.9. The lowest BCUT2D eigenvalue weighted by molar-refractivity contribution is 0.320. The highest BCUT2D eigenvalue weighted by atomic mass is 32.1. The molecule has 0 saturated heterocycles. The van der Waals surface area contributed by atoms with Crippen LogP contribution in [-0.2, 0) is 13.6 Å². The molecular formula is C15H18N4OS. The van der Waals surface area contributed by atoms with Gasteiger partial charge in [0.25, 0.3) is 0 Å². The maximum absolute atomic E-state index is 5.78. The third-order valence-corrected chi connectivity index (χ3v) is 3.65. The molecule has 2 heterocycles. The second-order valence-electron chi connectivity index (χ2n) is 5.00. The van der Waals surface area contributed by atoms with Crippen LogP contribution in [0.25, 0.3) is 11.0 Å². The van der Waals surface area contributed by atoms with E-state index in [0.717, 1.165) is 28.9 Å². The summed E-state index contributed by atoms with van der Waals surface area (Å²) in [7, 11) is 1.91. The van der Waals surface area contributed by atoms with Crippen LogP contribution in [-0.4, -0.2) is 25.9 Å². The van der Waals surface area contributed by atoms with Gasteiger partial charge in [-0.15, -0.1) is 0 Å². The number of ether oxygens (including phenoxy) is 1. The summed E-state index contributed by atoms with van der Waals surface area (Å²) in [6.45, 7) is 3.44. The number of H-pyrrole nitrogens is 1. The molecule has 0 aliphatic carbocycles. The maximum atomic E-state index is 5.78. The van der Waals surface area contributed by atoms with Crippen LogP contribution in [0, 0.1) is 4.77 Å². The summed E-state index contributed by atoms with van der Waals surface area (Å²) in [4.78, 5) is 3.25. The lowest BCUT2D eigenvalue weighted by Gasteiger charge is -2.06. The number of aromatic nitrogens is 4. The minimum atomic E-state index is 0.650. The smallest absolute Gasteiger partial charge is 0.178 e. The topological polar surface area (TPSA) is 47.8 Å². The Morgan fingerprint density at radius 3 is 2.90 bits per heavy atom. The van der Waals surface area contributed by atoms with Crippen molar-refractivity contribution in [2.24, 2.45) is 7.05 Å². The number of rotatable bonds is 5. The molecule has 0 saturated carbocycles. The van der Waals surface area contributed by atoms with Crippen LogP contribution >= 0.6 is 12.2 Å². The molecule has 0 fully saturated rings. The number of hydrogen-bond donors (Lipinski definition) is 1. The molecule has 0 bridgehead atoms. The van der Waals surface area contributed by atoms with Crippen molar-refractivity contribution in [3.05, 3.63) is 40.9 Å². The van der Waals surface area contributed by atoms with Crippen molar-refractivity contribution in [3.63, 3.8) is 0 Å². The van der Waals surface area contributed by atoms with E-state index in [9.17, 15) is 0 Å². The molecule has 21 heavy (non-hydrogen) atoms. The summed E-state index contributed by atoms with van der Waals surface area (Å²) in [5.74, 6) is 0.847. The van der Waals surface area contributed by atoms with Crippen molar-refractivity contribution >= 4 is 23.3 Å². The first-order valence-corrected chi connectivity index (χ1v) is 7.42. The highest BCUT2D eigenvalue weighted by Gasteiger charge is 2.10. The average molecular weight is 302 g/mol. The molecule has 0 unspecified atom stereocenters. The fourth-order valence-corrected chi connectivity index (χ4v) is 2.62. The average Bonchev–Trinajstić information content (AvgIpc) is 3.02. The Morgan fingerprint density at radius 1 is 1.33 bits per heavy atom. The van der Waals surface area contributed by atoms with Crippen molar-refractivity contribution < 1.29 is 4.74 Å². The van der Waals surface area contributed by atoms with E-state index in [1.54, 1.807) is 4.68 Å². The van der Waals surface area contributed by atoms with Gasteiger partial charge in [-0.3, -0.25) is 4.68 Å². The number of aryl methyl sites for hydroxylation is 1. The molecule has 5 nitrogen and oxygen atoms in total. The van der Waals surface area contributed by atoms with E-state index in [-0.39, 0.29) is 0 Å². The van der Waals surface area contributed by atoms with Gasteiger partial charge in [-0.05, 0) is 36.8 Å². The molecule has 0 atom stereocenters. The van der Waals surface area contributed by atoms with E-state index in [1.165, 1.54) is 0 Å². The number of nitrogens with zero attached hydrogens (tertiary/aromatic N) is 3. The molecule has 3 rings (SSSR count). The molecule has 6 heteroatoms. The van der Waals surface area contributed by atoms with Crippen LogP contribution < -0.4 is 4.74 Å². The zero-order chi connectivity index (χ0) is 14.8. The largest absolute Gasteiger partial charge is 0.491 e. The van der Waals surface area contributed by atoms with Crippen molar-refractivity contribution in [2.75, 3.05) is 6.61 Å². The molecule has 110 valence electrons. The number of aromatic amines is 1. The standard InChI is InChI=1S/C15H18N4OS/c1-3-9-20-13-6-4-5-12-14(13)16-15(21)19(12)10-11-7-8-18(2)17-11/h4-8H,3,9-10H2,1-2H3,(H,16,21). The van der Waals surface area contributed by atoms with Gasteiger partial charge in [0.05, 0.1) is 24.4 Å². The van der Waals surface area contributed by atoms with Gasteiger partial charge < -0.3 is 14.3 Å². The summed E-state index contributed by atoms with van der Waals surface area (Å²) in [5, 5.41) is 4.41. The Hall–Kier alpha value is -2.08. The van der Waals surface area contributed by atoms with Crippen LogP contribution in [0.3, 0.4) is 0 Å². The summed E-state index contributed by atoms with van der Waals surface area (Å²) < 4.78 is 10.3. The second-order valence-corrected chi connectivity index (χ2v) is 5.38. The molecule has 0 radical (unpaired) electrons. The number of imidazole rings is 1. The number of benzene rings is 1. The van der Waals surface area contributed by atoms with Gasteiger partial charge in [0.15, 0.2) is 4.77 Å². The van der Waals surface area contributed by atoms with Crippen molar-refractivity contribution in [2.45, 2.75) is 19.9 Å². The predicted octanol–water partition coefficient (Wildman–Crippen LogP) is 3.27. The van der Waals surface area contributed by atoms with Gasteiger partial charge in [0.1, 0.15) is 11.3 Å². The van der Waals surface area contributed by atoms with E-state index in [1.807, 2.05) is 42.1 Å². The number of nitrogens with one attached hydrogen (secondary N) is 1. The van der Waals surface area contributed by atoms with E-state index < -0.39 is 0 Å². The fraction of sp³-hybridized carbons (Fsp3) is 0.333. The highest BCUT2D eigenvalue weighted by Crippen LogP contribution is 2.25. The Morgan fingerprint density at radius 2 is 2.19 bits per heavy atom. The SMILES string of the molecule is CCCOc1cccc2c1[nH]c(=S)n2Cc1ccn(C)n1. The summed E-state index contributed by atoms with van der Waals surface area (Å²) in [5.41, 5.74) is 2.97. The van der Waals surface area contributed by atoms with Crippen LogP contribution in [0.5, 0.6) is 5.75 Å². The Labute approximate surface area is 128 Å². The van der Waals surface area contributed by atoms with Gasteiger partial charge in [0, 0.05) is 13.2 Å². The van der Waals surface area contributed by atoms with Crippen molar-refractivity contribution in [1.82, 2.24) is 19.3 Å². The van der Waals surface area contributed by atoms with E-state index in [4.69, 9.17) is 17.0 Å². The monoisotopic (exact) mass is 302 g/mol. The lowest BCUT2D eigenvalue weighted by atomic mass is 10.3. The molecule has 1 N–H and O–H groups in total. The summed E-state index contributed by atoms with van der Waals surface area (Å²) in [6.07, 6.45) is 2.91. The Bertz CT molecular complexity index is 815. The second kappa shape index (κ2) is 5.73. The maximum Gasteiger partial charge on any atom is 0.178 e. The number of hydrogen-bond acceptors (Lipinski definition) is 3. The van der Waals surface area contributed by atoms with Gasteiger partial charge in [-0.2, -0.15) is 5.10 Å². The summed E-state index contributed by atoms with van der Waals surface area (Å²) in [6, 6.07) is 8.00. The predicted molar refractivity (Wildman–Crippen MR) is 85.2 cm³/mol. The van der Waals surface area contributed by atoms with Crippen LogP contribution in [0.1, 0.15) is 19.0 Å². The van der Waals surface area contributed by atoms with Gasteiger partial charge >= 0.3 is 0 Å². The number of fused-ring (bicyclic) bond motifs is 1. The zero-order valence-corrected chi connectivity index (χ0v) is 13.0. The molecule has 0 aliphatic rings. The minimum Gasteiger partial charge on any atom is -0.491 e.